The number of hydrogen-bond donors (Lipinski definition) is 2. The summed E-state index contributed by atoms with van der Waals surface area (Å²) in [6.45, 7) is 5.77. The van der Waals surface area contributed by atoms with Gasteiger partial charge in [-0.05, 0) is 69.6 Å². The van der Waals surface area contributed by atoms with Gasteiger partial charge in [0.2, 0.25) is 5.91 Å². The van der Waals surface area contributed by atoms with Gasteiger partial charge in [-0.3, -0.25) is 9.59 Å². The molecule has 0 bridgehead atoms. The number of nitrogens with zero attached hydrogens (tertiary/aromatic N) is 1. The number of nitrogens with one attached hydrogen (secondary N) is 2. The molecule has 0 radical (unpaired) electrons. The topological polar surface area (TPSA) is 61.4 Å². The Balaban J connectivity index is 1.63. The summed E-state index contributed by atoms with van der Waals surface area (Å²) >= 11 is 0. The van der Waals surface area contributed by atoms with Gasteiger partial charge in [-0.15, -0.1) is 0 Å². The van der Waals surface area contributed by atoms with E-state index < -0.39 is 0 Å². The van der Waals surface area contributed by atoms with Crippen LogP contribution in [0.3, 0.4) is 0 Å². The third-order valence-corrected chi connectivity index (χ3v) is 4.35. The number of likely N-dealkylation sites (tertiary alicyclic amines) is 1. The van der Waals surface area contributed by atoms with Crippen LogP contribution in [0.1, 0.15) is 55.8 Å². The van der Waals surface area contributed by atoms with Crippen molar-refractivity contribution in [3.05, 3.63) is 29.8 Å². The zero-order valence-corrected chi connectivity index (χ0v) is 14.6. The predicted molar refractivity (Wildman–Crippen MR) is 97.2 cm³/mol. The fourth-order valence-corrected chi connectivity index (χ4v) is 3.03. The van der Waals surface area contributed by atoms with Crippen molar-refractivity contribution in [3.63, 3.8) is 0 Å². The highest BCUT2D eigenvalue weighted by atomic mass is 16.2. The van der Waals surface area contributed by atoms with Crippen molar-refractivity contribution in [1.29, 1.82) is 0 Å². The molecule has 1 heterocycles. The highest BCUT2D eigenvalue weighted by Crippen LogP contribution is 2.11. The lowest BCUT2D eigenvalue weighted by atomic mass is 10.2. The number of unbranched alkanes of at least 4 members (excludes halogenated alkanes) is 1. The molecule has 2 N–H and O–H groups in total. The Kier molecular flexibility index (Phi) is 7.75. The normalized spacial score (nSPS) is 15.5. The van der Waals surface area contributed by atoms with Gasteiger partial charge in [0.05, 0.1) is 0 Å². The summed E-state index contributed by atoms with van der Waals surface area (Å²) in [6.07, 6.45) is 7.52. The third-order valence-electron chi connectivity index (χ3n) is 4.35. The van der Waals surface area contributed by atoms with Crippen LogP contribution < -0.4 is 10.6 Å². The van der Waals surface area contributed by atoms with E-state index in [2.05, 4.69) is 15.5 Å². The number of rotatable bonds is 7. The molecule has 0 spiro atoms. The highest BCUT2D eigenvalue weighted by molar-refractivity contribution is 5.95. The maximum absolute atomic E-state index is 12.1. The fourth-order valence-electron chi connectivity index (χ4n) is 3.03. The summed E-state index contributed by atoms with van der Waals surface area (Å²) in [5, 5.41) is 5.66. The van der Waals surface area contributed by atoms with Crippen molar-refractivity contribution in [2.75, 3.05) is 31.5 Å². The molecule has 2 amide bonds. The molecule has 5 nitrogen and oxygen atoms in total. The largest absolute Gasteiger partial charge is 0.352 e. The summed E-state index contributed by atoms with van der Waals surface area (Å²) in [7, 11) is 0. The Bertz CT molecular complexity index is 520. The summed E-state index contributed by atoms with van der Waals surface area (Å²) in [4.78, 5) is 25.6. The molecule has 24 heavy (non-hydrogen) atoms. The monoisotopic (exact) mass is 331 g/mol. The third kappa shape index (κ3) is 6.71. The van der Waals surface area contributed by atoms with Crippen LogP contribution in [-0.2, 0) is 4.79 Å². The molecule has 1 aliphatic rings. The average molecular weight is 331 g/mol. The maximum Gasteiger partial charge on any atom is 0.251 e. The van der Waals surface area contributed by atoms with Crippen LogP contribution in [0, 0.1) is 0 Å². The van der Waals surface area contributed by atoms with E-state index in [1.165, 1.54) is 45.7 Å². The Hall–Kier alpha value is -1.88. The van der Waals surface area contributed by atoms with Gasteiger partial charge >= 0.3 is 0 Å². The molecule has 0 unspecified atom stereocenters. The van der Waals surface area contributed by atoms with Gasteiger partial charge in [-0.25, -0.2) is 0 Å². The first-order valence-corrected chi connectivity index (χ1v) is 9.03. The quantitative estimate of drug-likeness (QED) is 0.755. The van der Waals surface area contributed by atoms with Crippen molar-refractivity contribution in [3.8, 4) is 0 Å². The molecule has 1 aromatic rings. The van der Waals surface area contributed by atoms with Crippen LogP contribution in [0.4, 0.5) is 5.69 Å². The zero-order chi connectivity index (χ0) is 17.2. The summed E-state index contributed by atoms with van der Waals surface area (Å²) in [5.41, 5.74) is 1.33. The van der Waals surface area contributed by atoms with Gasteiger partial charge < -0.3 is 15.5 Å². The van der Waals surface area contributed by atoms with E-state index in [0.717, 1.165) is 19.4 Å². The number of amides is 2. The Morgan fingerprint density at radius 2 is 1.67 bits per heavy atom. The van der Waals surface area contributed by atoms with Crippen molar-refractivity contribution >= 4 is 17.5 Å². The van der Waals surface area contributed by atoms with E-state index in [4.69, 9.17) is 0 Å². The molecular weight excluding hydrogens is 302 g/mol. The Morgan fingerprint density at radius 3 is 2.29 bits per heavy atom. The fraction of sp³-hybridized carbons (Fsp3) is 0.579. The minimum Gasteiger partial charge on any atom is -0.352 e. The minimum atomic E-state index is -0.114. The zero-order valence-electron chi connectivity index (χ0n) is 14.6. The molecular formula is C19H29N3O2. The van der Waals surface area contributed by atoms with Crippen LogP contribution in [0.2, 0.25) is 0 Å². The van der Waals surface area contributed by atoms with Crippen molar-refractivity contribution < 1.29 is 9.59 Å². The molecule has 0 aromatic heterocycles. The van der Waals surface area contributed by atoms with E-state index in [0.29, 0.717) is 17.8 Å². The van der Waals surface area contributed by atoms with Crippen LogP contribution in [0.15, 0.2) is 24.3 Å². The molecule has 5 heteroatoms. The minimum absolute atomic E-state index is 0.0563. The number of anilines is 1. The number of benzene rings is 1. The average Bonchev–Trinajstić information content (AvgIpc) is 2.83. The van der Waals surface area contributed by atoms with Crippen LogP contribution in [0.5, 0.6) is 0 Å². The number of carbonyl (C=O) groups is 2. The smallest absolute Gasteiger partial charge is 0.251 e. The Morgan fingerprint density at radius 1 is 1.00 bits per heavy atom. The molecule has 1 fully saturated rings. The Labute approximate surface area is 144 Å². The van der Waals surface area contributed by atoms with Crippen LogP contribution >= 0.6 is 0 Å². The molecule has 0 saturated carbocycles. The summed E-state index contributed by atoms with van der Waals surface area (Å²) < 4.78 is 0. The van der Waals surface area contributed by atoms with Gasteiger partial charge in [-0.2, -0.15) is 0 Å². The van der Waals surface area contributed by atoms with E-state index in [1.807, 2.05) is 0 Å². The first kappa shape index (κ1) is 18.5. The van der Waals surface area contributed by atoms with E-state index >= 15 is 0 Å². The highest BCUT2D eigenvalue weighted by Gasteiger charge is 2.08. The van der Waals surface area contributed by atoms with Crippen molar-refractivity contribution in [2.45, 2.75) is 45.4 Å². The van der Waals surface area contributed by atoms with Gasteiger partial charge in [0.1, 0.15) is 0 Å². The molecule has 1 aliphatic heterocycles. The van der Waals surface area contributed by atoms with E-state index in [-0.39, 0.29) is 11.8 Å². The lowest BCUT2D eigenvalue weighted by molar-refractivity contribution is -0.114. The lowest BCUT2D eigenvalue weighted by Gasteiger charge is -2.19. The lowest BCUT2D eigenvalue weighted by Crippen LogP contribution is -2.28. The number of hydrogen-bond acceptors (Lipinski definition) is 3. The maximum atomic E-state index is 12.1. The van der Waals surface area contributed by atoms with Gasteiger partial charge in [0.25, 0.3) is 5.91 Å². The first-order valence-electron chi connectivity index (χ1n) is 9.03. The molecule has 0 atom stereocenters. The predicted octanol–water partition coefficient (Wildman–Crippen LogP) is 3.03. The van der Waals surface area contributed by atoms with Crippen molar-refractivity contribution in [2.24, 2.45) is 0 Å². The van der Waals surface area contributed by atoms with Crippen LogP contribution in [-0.4, -0.2) is 42.9 Å². The summed E-state index contributed by atoms with van der Waals surface area (Å²) in [6, 6.07) is 6.96. The summed E-state index contributed by atoms with van der Waals surface area (Å²) in [5.74, 6) is -0.171. The SMILES string of the molecule is CC(=O)Nc1ccc(C(=O)NCCCCN2CCCCCC2)cc1. The van der Waals surface area contributed by atoms with Gasteiger partial charge in [0, 0.05) is 24.7 Å². The standard InChI is InChI=1S/C19H29N3O2/c1-16(23)21-18-10-8-17(9-11-18)19(24)20-12-4-7-15-22-13-5-2-3-6-14-22/h8-11H,2-7,12-15H2,1H3,(H,20,24)(H,21,23). The van der Waals surface area contributed by atoms with E-state index in [9.17, 15) is 9.59 Å². The molecule has 2 rings (SSSR count). The van der Waals surface area contributed by atoms with Gasteiger partial charge in [-0.1, -0.05) is 12.8 Å². The molecule has 1 saturated heterocycles. The second kappa shape index (κ2) is 10.1. The second-order valence-electron chi connectivity index (χ2n) is 6.48. The number of carbonyl (C=O) groups excluding carboxylic acids is 2. The molecule has 132 valence electrons. The van der Waals surface area contributed by atoms with Crippen LogP contribution in [0.25, 0.3) is 0 Å². The molecule has 1 aromatic carbocycles. The van der Waals surface area contributed by atoms with Crippen molar-refractivity contribution in [1.82, 2.24) is 10.2 Å². The first-order chi connectivity index (χ1) is 11.6. The second-order valence-corrected chi connectivity index (χ2v) is 6.48. The molecule has 0 aliphatic carbocycles. The van der Waals surface area contributed by atoms with Gasteiger partial charge in [0.15, 0.2) is 0 Å². The van der Waals surface area contributed by atoms with E-state index in [1.54, 1.807) is 24.3 Å².